The molecular formula is C8H13N5O2. The molecule has 82 valence electrons. The first-order valence-electron chi connectivity index (χ1n) is 4.35. The van der Waals surface area contributed by atoms with Crippen LogP contribution in [0.25, 0.3) is 0 Å². The van der Waals surface area contributed by atoms with Gasteiger partial charge in [-0.25, -0.2) is 10.8 Å². The second-order valence-corrected chi connectivity index (χ2v) is 2.69. The van der Waals surface area contributed by atoms with Crippen molar-refractivity contribution in [3.05, 3.63) is 12.4 Å². The Hall–Kier alpha value is -1.89. The summed E-state index contributed by atoms with van der Waals surface area (Å²) >= 11 is 0. The third-order valence-corrected chi connectivity index (χ3v) is 1.65. The van der Waals surface area contributed by atoms with E-state index in [-0.39, 0.29) is 12.4 Å². The van der Waals surface area contributed by atoms with E-state index in [2.05, 4.69) is 25.4 Å². The molecule has 0 amide bonds. The minimum Gasteiger partial charge on any atom is -0.469 e. The van der Waals surface area contributed by atoms with E-state index in [4.69, 9.17) is 5.84 Å². The minimum atomic E-state index is -0.274. The molecule has 0 fully saturated rings. The van der Waals surface area contributed by atoms with Gasteiger partial charge < -0.3 is 15.5 Å². The van der Waals surface area contributed by atoms with Crippen LogP contribution < -0.4 is 16.6 Å². The second kappa shape index (κ2) is 5.76. The van der Waals surface area contributed by atoms with Gasteiger partial charge in [0.2, 0.25) is 0 Å². The molecule has 0 aliphatic carbocycles. The van der Waals surface area contributed by atoms with Gasteiger partial charge in [0.1, 0.15) is 5.82 Å². The highest BCUT2D eigenvalue weighted by Crippen LogP contribution is 2.04. The monoisotopic (exact) mass is 211 g/mol. The van der Waals surface area contributed by atoms with Gasteiger partial charge in [0.05, 0.1) is 25.9 Å². The van der Waals surface area contributed by atoms with Gasteiger partial charge in [-0.2, -0.15) is 0 Å². The lowest BCUT2D eigenvalue weighted by molar-refractivity contribution is -0.140. The van der Waals surface area contributed by atoms with Crippen LogP contribution in [0.1, 0.15) is 6.42 Å². The molecule has 0 saturated heterocycles. The minimum absolute atomic E-state index is 0.274. The molecule has 0 aromatic carbocycles. The molecule has 7 heteroatoms. The maximum absolute atomic E-state index is 10.8. The Balaban J connectivity index is 2.40. The Labute approximate surface area is 87.0 Å². The zero-order valence-corrected chi connectivity index (χ0v) is 8.36. The highest BCUT2D eigenvalue weighted by molar-refractivity contribution is 5.69. The van der Waals surface area contributed by atoms with Crippen LogP contribution >= 0.6 is 0 Å². The topological polar surface area (TPSA) is 102 Å². The lowest BCUT2D eigenvalue weighted by Crippen LogP contribution is -2.13. The third kappa shape index (κ3) is 3.77. The zero-order chi connectivity index (χ0) is 11.1. The van der Waals surface area contributed by atoms with Crippen LogP contribution in [-0.2, 0) is 9.53 Å². The number of rotatable bonds is 5. The number of nitrogens with one attached hydrogen (secondary N) is 2. The molecule has 1 rings (SSSR count). The number of ether oxygens (including phenoxy) is 1. The molecule has 4 N–H and O–H groups in total. The average molecular weight is 211 g/mol. The number of aromatic nitrogens is 2. The molecule has 1 aromatic heterocycles. The van der Waals surface area contributed by atoms with Crippen molar-refractivity contribution in [2.24, 2.45) is 5.84 Å². The number of carbonyl (C=O) groups excluding carboxylic acids is 1. The maximum Gasteiger partial charge on any atom is 0.307 e. The van der Waals surface area contributed by atoms with Gasteiger partial charge in [0.25, 0.3) is 0 Å². The summed E-state index contributed by atoms with van der Waals surface area (Å²) in [6, 6.07) is 0. The molecule has 0 unspecified atom stereocenters. The standard InChI is InChI=1S/C8H13N5O2/c1-15-8(14)2-3-11-6-4-10-5-7(12-6)13-9/h4-5H,2-3,9H2,1H3,(H2,11,12,13). The van der Waals surface area contributed by atoms with Crippen molar-refractivity contribution in [1.82, 2.24) is 9.97 Å². The number of nitrogen functional groups attached to an aromatic ring is 1. The van der Waals surface area contributed by atoms with Crippen LogP contribution in [0.5, 0.6) is 0 Å². The summed E-state index contributed by atoms with van der Waals surface area (Å²) in [5, 5.41) is 2.91. The number of hydrogen-bond donors (Lipinski definition) is 3. The molecule has 1 aromatic rings. The number of esters is 1. The molecule has 0 radical (unpaired) electrons. The number of hydrazine groups is 1. The fourth-order valence-electron chi connectivity index (χ4n) is 0.915. The van der Waals surface area contributed by atoms with Crippen molar-refractivity contribution in [2.45, 2.75) is 6.42 Å². The molecule has 15 heavy (non-hydrogen) atoms. The molecular weight excluding hydrogens is 198 g/mol. The third-order valence-electron chi connectivity index (χ3n) is 1.65. The first-order chi connectivity index (χ1) is 7.26. The molecule has 0 aliphatic heterocycles. The molecule has 0 atom stereocenters. The SMILES string of the molecule is COC(=O)CCNc1cncc(NN)n1. The quantitative estimate of drug-likeness (QED) is 0.350. The zero-order valence-electron chi connectivity index (χ0n) is 8.36. The molecule has 1 heterocycles. The van der Waals surface area contributed by atoms with Crippen LogP contribution in [0.4, 0.5) is 11.6 Å². The van der Waals surface area contributed by atoms with Crippen molar-refractivity contribution in [3.8, 4) is 0 Å². The molecule has 0 aliphatic rings. The average Bonchev–Trinajstić information content (AvgIpc) is 2.29. The van der Waals surface area contributed by atoms with E-state index in [1.165, 1.54) is 19.5 Å². The number of carbonyl (C=O) groups is 1. The fraction of sp³-hybridized carbons (Fsp3) is 0.375. The molecule has 0 spiro atoms. The van der Waals surface area contributed by atoms with Crippen molar-refractivity contribution in [2.75, 3.05) is 24.4 Å². The second-order valence-electron chi connectivity index (χ2n) is 2.69. The molecule has 0 saturated carbocycles. The summed E-state index contributed by atoms with van der Waals surface area (Å²) in [4.78, 5) is 18.7. The summed E-state index contributed by atoms with van der Waals surface area (Å²) < 4.78 is 4.49. The van der Waals surface area contributed by atoms with E-state index in [0.717, 1.165) is 0 Å². The predicted molar refractivity (Wildman–Crippen MR) is 55.0 cm³/mol. The van der Waals surface area contributed by atoms with Crippen molar-refractivity contribution in [1.29, 1.82) is 0 Å². The summed E-state index contributed by atoms with van der Waals surface area (Å²) in [6.07, 6.45) is 3.31. The summed E-state index contributed by atoms with van der Waals surface area (Å²) in [6.45, 7) is 0.440. The van der Waals surface area contributed by atoms with E-state index in [9.17, 15) is 4.79 Å². The van der Waals surface area contributed by atoms with E-state index < -0.39 is 0 Å². The number of hydrogen-bond acceptors (Lipinski definition) is 7. The predicted octanol–water partition coefficient (Wildman–Crippen LogP) is -0.263. The van der Waals surface area contributed by atoms with Gasteiger partial charge in [0, 0.05) is 6.54 Å². The summed E-state index contributed by atoms with van der Waals surface area (Å²) in [5.41, 5.74) is 2.37. The Morgan fingerprint density at radius 1 is 1.53 bits per heavy atom. The van der Waals surface area contributed by atoms with E-state index in [0.29, 0.717) is 18.2 Å². The van der Waals surface area contributed by atoms with Gasteiger partial charge >= 0.3 is 5.97 Å². The number of anilines is 2. The van der Waals surface area contributed by atoms with Crippen molar-refractivity contribution < 1.29 is 9.53 Å². The highest BCUT2D eigenvalue weighted by atomic mass is 16.5. The van der Waals surface area contributed by atoms with E-state index in [1.54, 1.807) is 0 Å². The van der Waals surface area contributed by atoms with Gasteiger partial charge in [-0.15, -0.1) is 0 Å². The first kappa shape index (κ1) is 11.2. The van der Waals surface area contributed by atoms with Crippen LogP contribution in [-0.4, -0.2) is 29.6 Å². The van der Waals surface area contributed by atoms with Gasteiger partial charge in [-0.05, 0) is 0 Å². The van der Waals surface area contributed by atoms with Crippen LogP contribution in [0.3, 0.4) is 0 Å². The Bertz CT molecular complexity index is 331. The fourth-order valence-corrected chi connectivity index (χ4v) is 0.915. The first-order valence-corrected chi connectivity index (χ1v) is 4.35. The maximum atomic E-state index is 10.8. The lowest BCUT2D eigenvalue weighted by atomic mass is 10.4. The lowest BCUT2D eigenvalue weighted by Gasteiger charge is -2.05. The van der Waals surface area contributed by atoms with Crippen molar-refractivity contribution in [3.63, 3.8) is 0 Å². The number of nitrogens with zero attached hydrogens (tertiary/aromatic N) is 2. The molecule has 7 nitrogen and oxygen atoms in total. The van der Waals surface area contributed by atoms with Gasteiger partial charge in [-0.3, -0.25) is 9.78 Å². The van der Waals surface area contributed by atoms with E-state index >= 15 is 0 Å². The number of methoxy groups -OCH3 is 1. The van der Waals surface area contributed by atoms with Gasteiger partial charge in [0.15, 0.2) is 5.82 Å². The van der Waals surface area contributed by atoms with Crippen LogP contribution in [0, 0.1) is 0 Å². The van der Waals surface area contributed by atoms with Crippen molar-refractivity contribution >= 4 is 17.6 Å². The largest absolute Gasteiger partial charge is 0.469 e. The Morgan fingerprint density at radius 2 is 2.27 bits per heavy atom. The Kier molecular flexibility index (Phi) is 4.30. The number of nitrogens with two attached hydrogens (primary N) is 1. The smallest absolute Gasteiger partial charge is 0.307 e. The summed E-state index contributed by atoms with van der Waals surface area (Å²) in [7, 11) is 1.35. The normalized spacial score (nSPS) is 9.47. The van der Waals surface area contributed by atoms with Crippen LogP contribution in [0.15, 0.2) is 12.4 Å². The van der Waals surface area contributed by atoms with Crippen LogP contribution in [0.2, 0.25) is 0 Å². The highest BCUT2D eigenvalue weighted by Gasteiger charge is 2.00. The Morgan fingerprint density at radius 3 is 2.93 bits per heavy atom. The molecule has 0 bridgehead atoms. The van der Waals surface area contributed by atoms with E-state index in [1.807, 2.05) is 0 Å². The van der Waals surface area contributed by atoms with Gasteiger partial charge in [-0.1, -0.05) is 0 Å². The summed E-state index contributed by atoms with van der Waals surface area (Å²) in [5.74, 6) is 5.90.